The first-order valence-electron chi connectivity index (χ1n) is 6.58. The van der Waals surface area contributed by atoms with Crippen molar-refractivity contribution in [3.63, 3.8) is 0 Å². The number of aromatic nitrogens is 1. The summed E-state index contributed by atoms with van der Waals surface area (Å²) in [6.07, 6.45) is 1.25. The number of hydrogen-bond acceptors (Lipinski definition) is 4. The number of nitrogens with one attached hydrogen (secondary N) is 1. The lowest BCUT2D eigenvalue weighted by Gasteiger charge is -2.00. The molecule has 3 aromatic rings. The lowest BCUT2D eigenvalue weighted by atomic mass is 10.2. The van der Waals surface area contributed by atoms with Gasteiger partial charge in [0, 0.05) is 22.6 Å². The van der Waals surface area contributed by atoms with Crippen LogP contribution >= 0.6 is 22.9 Å². The Hall–Kier alpha value is -2.31. The van der Waals surface area contributed by atoms with Gasteiger partial charge in [-0.2, -0.15) is 5.10 Å². The maximum atomic E-state index is 13.3. The Morgan fingerprint density at radius 3 is 2.74 bits per heavy atom. The largest absolute Gasteiger partial charge is 0.253 e. The molecule has 1 N–H and O–H groups in total. The molecule has 0 fully saturated rings. The van der Waals surface area contributed by atoms with E-state index in [1.54, 1.807) is 0 Å². The minimum Gasteiger partial charge on any atom is -0.253 e. The Kier molecular flexibility index (Phi) is 4.64. The number of rotatable bonds is 4. The second-order valence-electron chi connectivity index (χ2n) is 4.56. The maximum absolute atomic E-state index is 13.3. The molecule has 0 aliphatic heterocycles. The van der Waals surface area contributed by atoms with E-state index < -0.39 is 11.6 Å². The monoisotopic (exact) mass is 349 g/mol. The van der Waals surface area contributed by atoms with E-state index >= 15 is 0 Å². The summed E-state index contributed by atoms with van der Waals surface area (Å²) in [4.78, 5) is 4.38. The van der Waals surface area contributed by atoms with Crippen molar-refractivity contribution in [2.45, 2.75) is 0 Å². The molecule has 0 aliphatic rings. The average molecular weight is 350 g/mol. The lowest BCUT2D eigenvalue weighted by Crippen LogP contribution is -1.94. The zero-order chi connectivity index (χ0) is 16.2. The van der Waals surface area contributed by atoms with Crippen molar-refractivity contribution in [2.24, 2.45) is 5.10 Å². The summed E-state index contributed by atoms with van der Waals surface area (Å²) in [5.41, 5.74) is 4.69. The molecular formula is C16H10ClF2N3S. The normalized spacial score (nSPS) is 11.1. The van der Waals surface area contributed by atoms with Crippen molar-refractivity contribution >= 4 is 34.3 Å². The zero-order valence-corrected chi connectivity index (χ0v) is 13.2. The number of benzene rings is 2. The third kappa shape index (κ3) is 3.72. The minimum absolute atomic E-state index is 0.150. The van der Waals surface area contributed by atoms with Gasteiger partial charge >= 0.3 is 0 Å². The smallest absolute Gasteiger partial charge is 0.203 e. The molecular weight excluding hydrogens is 340 g/mol. The van der Waals surface area contributed by atoms with E-state index in [2.05, 4.69) is 15.5 Å². The van der Waals surface area contributed by atoms with Gasteiger partial charge in [0.2, 0.25) is 5.13 Å². The van der Waals surface area contributed by atoms with Crippen molar-refractivity contribution in [2.75, 3.05) is 5.43 Å². The molecule has 1 heterocycles. The summed E-state index contributed by atoms with van der Waals surface area (Å²) in [5.74, 6) is -1.54. The molecule has 3 rings (SSSR count). The van der Waals surface area contributed by atoms with E-state index in [-0.39, 0.29) is 10.6 Å². The molecule has 0 amide bonds. The highest BCUT2D eigenvalue weighted by Crippen LogP contribution is 2.24. The molecule has 0 unspecified atom stereocenters. The van der Waals surface area contributed by atoms with Crippen molar-refractivity contribution < 1.29 is 8.78 Å². The maximum Gasteiger partial charge on any atom is 0.203 e. The van der Waals surface area contributed by atoms with Crippen LogP contribution in [0.25, 0.3) is 11.3 Å². The van der Waals surface area contributed by atoms with Gasteiger partial charge in [-0.15, -0.1) is 11.3 Å². The number of hydrogen-bond donors (Lipinski definition) is 1. The molecule has 0 spiro atoms. The second-order valence-corrected chi connectivity index (χ2v) is 5.80. The molecule has 7 heteroatoms. The Bertz CT molecular complexity index is 850. The molecule has 0 radical (unpaired) electrons. The van der Waals surface area contributed by atoms with Gasteiger partial charge in [-0.3, -0.25) is 5.43 Å². The van der Waals surface area contributed by atoms with E-state index in [4.69, 9.17) is 11.6 Å². The molecule has 3 nitrogen and oxygen atoms in total. The number of thiazole rings is 1. The predicted octanol–water partition coefficient (Wildman–Crippen LogP) is 5.19. The summed E-state index contributed by atoms with van der Waals surface area (Å²) < 4.78 is 26.5. The third-order valence-electron chi connectivity index (χ3n) is 2.96. The van der Waals surface area contributed by atoms with Crippen LogP contribution in [0.2, 0.25) is 5.02 Å². The fourth-order valence-electron chi connectivity index (χ4n) is 1.89. The molecule has 116 valence electrons. The molecule has 23 heavy (non-hydrogen) atoms. The minimum atomic E-state index is -0.825. The van der Waals surface area contributed by atoms with Crippen LogP contribution in [0, 0.1) is 11.6 Å². The van der Waals surface area contributed by atoms with E-state index in [9.17, 15) is 8.78 Å². The Morgan fingerprint density at radius 2 is 1.96 bits per heavy atom. The van der Waals surface area contributed by atoms with E-state index in [1.165, 1.54) is 17.6 Å². The lowest BCUT2D eigenvalue weighted by molar-refractivity contribution is 0.583. The number of halogens is 3. The summed E-state index contributed by atoms with van der Waals surface area (Å²) in [7, 11) is 0. The van der Waals surface area contributed by atoms with Crippen molar-refractivity contribution in [3.8, 4) is 11.3 Å². The van der Waals surface area contributed by atoms with E-state index in [0.717, 1.165) is 23.4 Å². The molecule has 0 aliphatic carbocycles. The third-order valence-corrected chi connectivity index (χ3v) is 4.10. The van der Waals surface area contributed by atoms with Gasteiger partial charge in [0.25, 0.3) is 0 Å². The van der Waals surface area contributed by atoms with Crippen LogP contribution in [0.5, 0.6) is 0 Å². The summed E-state index contributed by atoms with van der Waals surface area (Å²) in [5, 5.41) is 6.19. The highest BCUT2D eigenvalue weighted by atomic mass is 35.5. The van der Waals surface area contributed by atoms with Gasteiger partial charge in [-0.1, -0.05) is 41.9 Å². The number of hydrazone groups is 1. The average Bonchev–Trinajstić information content (AvgIpc) is 3.02. The fourth-order valence-corrected chi connectivity index (χ4v) is 2.72. The van der Waals surface area contributed by atoms with Gasteiger partial charge in [0.15, 0.2) is 0 Å². The van der Waals surface area contributed by atoms with Crippen LogP contribution in [0.3, 0.4) is 0 Å². The summed E-state index contributed by atoms with van der Waals surface area (Å²) >= 11 is 7.13. The van der Waals surface area contributed by atoms with E-state index in [0.29, 0.717) is 5.13 Å². The first kappa shape index (κ1) is 15.6. The van der Waals surface area contributed by atoms with Crippen LogP contribution in [0.1, 0.15) is 5.56 Å². The van der Waals surface area contributed by atoms with Crippen LogP contribution in [0.15, 0.2) is 52.9 Å². The fraction of sp³-hybridized carbons (Fsp3) is 0. The Morgan fingerprint density at radius 1 is 1.17 bits per heavy atom. The van der Waals surface area contributed by atoms with Crippen LogP contribution in [0.4, 0.5) is 13.9 Å². The molecule has 2 aromatic carbocycles. The first-order chi connectivity index (χ1) is 11.1. The van der Waals surface area contributed by atoms with Gasteiger partial charge < -0.3 is 0 Å². The van der Waals surface area contributed by atoms with E-state index in [1.807, 2.05) is 35.7 Å². The SMILES string of the molecule is Fc1cc(F)c(Cl)c(C=NNc2nc(-c3ccccc3)cs2)c1. The zero-order valence-electron chi connectivity index (χ0n) is 11.6. The molecule has 1 aromatic heterocycles. The van der Waals surface area contributed by atoms with Gasteiger partial charge in [0.05, 0.1) is 16.9 Å². The molecule has 0 saturated heterocycles. The summed E-state index contributed by atoms with van der Waals surface area (Å²) in [6.45, 7) is 0. The highest BCUT2D eigenvalue weighted by molar-refractivity contribution is 7.14. The number of anilines is 1. The molecule has 0 atom stereocenters. The number of nitrogens with zero attached hydrogens (tertiary/aromatic N) is 2. The van der Waals surface area contributed by atoms with Crippen LogP contribution in [-0.4, -0.2) is 11.2 Å². The summed E-state index contributed by atoms with van der Waals surface area (Å²) in [6, 6.07) is 11.5. The van der Waals surface area contributed by atoms with Crippen LogP contribution < -0.4 is 5.43 Å². The van der Waals surface area contributed by atoms with Crippen molar-refractivity contribution in [3.05, 3.63) is 70.1 Å². The topological polar surface area (TPSA) is 37.3 Å². The van der Waals surface area contributed by atoms with Crippen LogP contribution in [-0.2, 0) is 0 Å². The molecule has 0 bridgehead atoms. The van der Waals surface area contributed by atoms with Crippen molar-refractivity contribution in [1.29, 1.82) is 0 Å². The Labute approximate surface area is 140 Å². The predicted molar refractivity (Wildman–Crippen MR) is 90.1 cm³/mol. The Balaban J connectivity index is 1.73. The van der Waals surface area contributed by atoms with Gasteiger partial charge in [-0.05, 0) is 6.07 Å². The molecule has 0 saturated carbocycles. The standard InChI is InChI=1S/C16H10ClF2N3S/c17-15-11(6-12(18)7-13(15)19)8-20-22-16-21-14(9-23-16)10-4-2-1-3-5-10/h1-9H,(H,21,22). The second kappa shape index (κ2) is 6.85. The quantitative estimate of drug-likeness (QED) is 0.400. The van der Waals surface area contributed by atoms with Gasteiger partial charge in [0.1, 0.15) is 11.6 Å². The van der Waals surface area contributed by atoms with Crippen molar-refractivity contribution in [1.82, 2.24) is 4.98 Å². The highest BCUT2D eigenvalue weighted by Gasteiger charge is 2.07. The first-order valence-corrected chi connectivity index (χ1v) is 7.84. The van der Waals surface area contributed by atoms with Gasteiger partial charge in [-0.25, -0.2) is 13.8 Å².